The Bertz CT molecular complexity index is 362. The molecule has 0 amide bonds. The fourth-order valence-electron chi connectivity index (χ4n) is 2.98. The molecule has 20 heavy (non-hydrogen) atoms. The molecule has 0 aliphatic rings. The molecule has 1 aromatic heterocycles. The third kappa shape index (κ3) is 4.34. The molecule has 0 spiro atoms. The number of rotatable bonds is 10. The Labute approximate surface area is 124 Å². The minimum absolute atomic E-state index is 0.239. The lowest BCUT2D eigenvalue weighted by atomic mass is 9.76. The van der Waals surface area contributed by atoms with Crippen molar-refractivity contribution in [2.45, 2.75) is 78.7 Å². The molecule has 0 saturated carbocycles. The summed E-state index contributed by atoms with van der Waals surface area (Å²) in [5.41, 5.74) is 7.54. The van der Waals surface area contributed by atoms with Crippen molar-refractivity contribution in [3.8, 4) is 0 Å². The van der Waals surface area contributed by atoms with E-state index in [0.717, 1.165) is 32.2 Å². The monoisotopic (exact) mass is 279 g/mol. The van der Waals surface area contributed by atoms with Crippen LogP contribution >= 0.6 is 0 Å². The van der Waals surface area contributed by atoms with Crippen molar-refractivity contribution in [3.63, 3.8) is 0 Å². The molecule has 2 N–H and O–H groups in total. The molecule has 0 aromatic carbocycles. The van der Waals surface area contributed by atoms with E-state index in [9.17, 15) is 0 Å². The quantitative estimate of drug-likeness (QED) is 0.692. The van der Waals surface area contributed by atoms with E-state index < -0.39 is 0 Å². The summed E-state index contributed by atoms with van der Waals surface area (Å²) >= 11 is 0. The summed E-state index contributed by atoms with van der Waals surface area (Å²) in [6.45, 7) is 9.74. The van der Waals surface area contributed by atoms with Gasteiger partial charge in [-0.25, -0.2) is 0 Å². The number of nitrogens with two attached hydrogens (primary N) is 1. The van der Waals surface area contributed by atoms with Crippen molar-refractivity contribution >= 4 is 0 Å². The van der Waals surface area contributed by atoms with Crippen LogP contribution in [0, 0.1) is 5.41 Å². The van der Waals surface area contributed by atoms with Crippen molar-refractivity contribution in [3.05, 3.63) is 18.0 Å². The SMILES string of the molecule is CCCCC(CC)(CN)Cc1ccn(C(CC)CC)n1. The van der Waals surface area contributed by atoms with E-state index in [4.69, 9.17) is 10.8 Å². The van der Waals surface area contributed by atoms with Crippen LogP contribution in [0.3, 0.4) is 0 Å². The summed E-state index contributed by atoms with van der Waals surface area (Å²) in [5, 5.41) is 4.80. The lowest BCUT2D eigenvalue weighted by Gasteiger charge is -2.30. The van der Waals surface area contributed by atoms with E-state index in [1.807, 2.05) is 0 Å². The second-order valence-electron chi connectivity index (χ2n) is 6.10. The maximum absolute atomic E-state index is 6.09. The summed E-state index contributed by atoms with van der Waals surface area (Å²) < 4.78 is 2.14. The second kappa shape index (κ2) is 8.46. The van der Waals surface area contributed by atoms with Gasteiger partial charge in [0.05, 0.1) is 11.7 Å². The summed E-state index contributed by atoms with van der Waals surface area (Å²) in [7, 11) is 0. The maximum Gasteiger partial charge on any atom is 0.0630 e. The van der Waals surface area contributed by atoms with E-state index in [2.05, 4.69) is 44.6 Å². The van der Waals surface area contributed by atoms with Gasteiger partial charge in [0.2, 0.25) is 0 Å². The second-order valence-corrected chi connectivity index (χ2v) is 6.10. The summed E-state index contributed by atoms with van der Waals surface area (Å²) in [6.07, 6.45) is 10.3. The molecule has 1 aromatic rings. The first-order valence-electron chi connectivity index (χ1n) is 8.38. The van der Waals surface area contributed by atoms with Gasteiger partial charge in [0, 0.05) is 6.20 Å². The molecular formula is C17H33N3. The molecule has 116 valence electrons. The van der Waals surface area contributed by atoms with Crippen LogP contribution < -0.4 is 5.73 Å². The van der Waals surface area contributed by atoms with Gasteiger partial charge in [0.15, 0.2) is 0 Å². The van der Waals surface area contributed by atoms with Crippen LogP contribution in [0.5, 0.6) is 0 Å². The predicted molar refractivity (Wildman–Crippen MR) is 86.9 cm³/mol. The van der Waals surface area contributed by atoms with Crippen LogP contribution in [0.2, 0.25) is 0 Å². The minimum Gasteiger partial charge on any atom is -0.330 e. The van der Waals surface area contributed by atoms with Gasteiger partial charge in [-0.05, 0) is 50.1 Å². The Hall–Kier alpha value is -0.830. The van der Waals surface area contributed by atoms with Crippen LogP contribution in [0.25, 0.3) is 0 Å². The van der Waals surface area contributed by atoms with E-state index >= 15 is 0 Å². The lowest BCUT2D eigenvalue weighted by molar-refractivity contribution is 0.247. The van der Waals surface area contributed by atoms with Crippen molar-refractivity contribution in [2.24, 2.45) is 11.1 Å². The molecule has 0 fully saturated rings. The van der Waals surface area contributed by atoms with E-state index in [-0.39, 0.29) is 5.41 Å². The molecule has 1 rings (SSSR count). The molecule has 3 heteroatoms. The number of unbranched alkanes of at least 4 members (excludes halogenated alkanes) is 1. The van der Waals surface area contributed by atoms with Crippen LogP contribution in [0.4, 0.5) is 0 Å². The minimum atomic E-state index is 0.239. The lowest BCUT2D eigenvalue weighted by Crippen LogP contribution is -2.32. The Kier molecular flexibility index (Phi) is 7.28. The molecule has 3 nitrogen and oxygen atoms in total. The molecule has 0 saturated heterocycles. The molecule has 1 heterocycles. The first-order chi connectivity index (χ1) is 9.64. The normalized spacial score (nSPS) is 14.7. The highest BCUT2D eigenvalue weighted by Crippen LogP contribution is 2.31. The fourth-order valence-corrected chi connectivity index (χ4v) is 2.98. The zero-order valence-corrected chi connectivity index (χ0v) is 13.9. The Balaban J connectivity index is 2.78. The molecular weight excluding hydrogens is 246 g/mol. The highest BCUT2D eigenvalue weighted by atomic mass is 15.3. The highest BCUT2D eigenvalue weighted by molar-refractivity contribution is 5.04. The topological polar surface area (TPSA) is 43.8 Å². The van der Waals surface area contributed by atoms with Gasteiger partial charge in [-0.1, -0.05) is 40.5 Å². The summed E-state index contributed by atoms with van der Waals surface area (Å²) in [4.78, 5) is 0. The predicted octanol–water partition coefficient (Wildman–Crippen LogP) is 4.33. The maximum atomic E-state index is 6.09. The number of nitrogens with zero attached hydrogens (tertiary/aromatic N) is 2. The molecule has 0 radical (unpaired) electrons. The zero-order valence-electron chi connectivity index (χ0n) is 13.9. The first kappa shape index (κ1) is 17.2. The van der Waals surface area contributed by atoms with Gasteiger partial charge >= 0.3 is 0 Å². The van der Waals surface area contributed by atoms with Crippen LogP contribution in [-0.4, -0.2) is 16.3 Å². The number of hydrogen-bond donors (Lipinski definition) is 1. The molecule has 1 atom stereocenters. The van der Waals surface area contributed by atoms with Crippen molar-refractivity contribution < 1.29 is 0 Å². The van der Waals surface area contributed by atoms with Gasteiger partial charge in [-0.3, -0.25) is 4.68 Å². The van der Waals surface area contributed by atoms with E-state index in [1.54, 1.807) is 0 Å². The fraction of sp³-hybridized carbons (Fsp3) is 0.824. The van der Waals surface area contributed by atoms with E-state index in [0.29, 0.717) is 6.04 Å². The average Bonchev–Trinajstić information content (AvgIpc) is 2.93. The number of hydrogen-bond acceptors (Lipinski definition) is 2. The summed E-state index contributed by atoms with van der Waals surface area (Å²) in [6, 6.07) is 2.72. The van der Waals surface area contributed by atoms with Crippen LogP contribution in [0.1, 0.15) is 78.0 Å². The Morgan fingerprint density at radius 2 is 1.95 bits per heavy atom. The largest absolute Gasteiger partial charge is 0.330 e. The molecule has 1 unspecified atom stereocenters. The van der Waals surface area contributed by atoms with Crippen molar-refractivity contribution in [2.75, 3.05) is 6.54 Å². The summed E-state index contributed by atoms with van der Waals surface area (Å²) in [5.74, 6) is 0. The highest BCUT2D eigenvalue weighted by Gasteiger charge is 2.27. The zero-order chi connectivity index (χ0) is 15.0. The van der Waals surface area contributed by atoms with Gasteiger partial charge < -0.3 is 5.73 Å². The van der Waals surface area contributed by atoms with Gasteiger partial charge in [0.25, 0.3) is 0 Å². The van der Waals surface area contributed by atoms with Gasteiger partial charge in [-0.15, -0.1) is 0 Å². The van der Waals surface area contributed by atoms with Gasteiger partial charge in [0.1, 0.15) is 0 Å². The smallest absolute Gasteiger partial charge is 0.0630 e. The third-order valence-electron chi connectivity index (χ3n) is 4.78. The first-order valence-corrected chi connectivity index (χ1v) is 8.38. The molecule has 0 aliphatic heterocycles. The van der Waals surface area contributed by atoms with E-state index in [1.165, 1.54) is 25.0 Å². The Morgan fingerprint density at radius 1 is 1.25 bits per heavy atom. The molecule has 0 aliphatic carbocycles. The van der Waals surface area contributed by atoms with Crippen molar-refractivity contribution in [1.29, 1.82) is 0 Å². The Morgan fingerprint density at radius 3 is 2.45 bits per heavy atom. The van der Waals surface area contributed by atoms with Gasteiger partial charge in [-0.2, -0.15) is 5.10 Å². The van der Waals surface area contributed by atoms with Crippen LogP contribution in [0.15, 0.2) is 12.3 Å². The van der Waals surface area contributed by atoms with Crippen LogP contribution in [-0.2, 0) is 6.42 Å². The standard InChI is InChI=1S/C17H33N3/c1-5-9-11-17(8-4,14-18)13-15-10-12-20(19-15)16(6-2)7-3/h10,12,16H,5-9,11,13-14,18H2,1-4H3. The average molecular weight is 279 g/mol. The number of aromatic nitrogens is 2. The third-order valence-corrected chi connectivity index (χ3v) is 4.78. The van der Waals surface area contributed by atoms with Crippen molar-refractivity contribution in [1.82, 2.24) is 9.78 Å². The molecule has 0 bridgehead atoms.